The number of benzene rings is 2. The lowest BCUT2D eigenvalue weighted by molar-refractivity contribution is -0.130. The molecule has 3 aromatic heterocycles. The maximum atomic E-state index is 14.2. The summed E-state index contributed by atoms with van der Waals surface area (Å²) in [6.45, 7) is 10.3. The largest absolute Gasteiger partial charge is 0.497 e. The number of carbonyl (C=O) groups excluding carboxylic acids is 3. The first kappa shape index (κ1) is 33.7. The number of piperazine rings is 1. The Morgan fingerprint density at radius 2 is 1.67 bits per heavy atom. The Hall–Kier alpha value is -5.16. The third-order valence-corrected chi connectivity index (χ3v) is 9.05. The molecule has 4 heterocycles. The van der Waals surface area contributed by atoms with Gasteiger partial charge in [0.15, 0.2) is 17.0 Å². The van der Waals surface area contributed by atoms with Gasteiger partial charge >= 0.3 is 5.97 Å². The molecule has 1 aliphatic heterocycles. The van der Waals surface area contributed by atoms with E-state index in [0.29, 0.717) is 27.7 Å². The highest BCUT2D eigenvalue weighted by Gasteiger charge is 2.46. The number of furan rings is 1. The van der Waals surface area contributed by atoms with Gasteiger partial charge in [0.05, 0.1) is 26.5 Å². The summed E-state index contributed by atoms with van der Waals surface area (Å²) in [7, 11) is 2.87. The van der Waals surface area contributed by atoms with Crippen LogP contribution in [0.4, 0.5) is 5.82 Å². The molecule has 0 radical (unpaired) electrons. The number of hydrogen-bond donors (Lipinski definition) is 0. The van der Waals surface area contributed by atoms with Gasteiger partial charge in [-0.3, -0.25) is 14.5 Å². The lowest BCUT2D eigenvalue weighted by Gasteiger charge is -2.45. The first-order chi connectivity index (χ1) is 23.2. The fourth-order valence-corrected chi connectivity index (χ4v) is 6.16. The molecule has 49 heavy (non-hydrogen) atoms. The molecule has 254 valence electrons. The second kappa shape index (κ2) is 12.7. The Kier molecular flexibility index (Phi) is 8.74. The van der Waals surface area contributed by atoms with Gasteiger partial charge < -0.3 is 18.8 Å². The molecule has 1 fully saturated rings. The van der Waals surface area contributed by atoms with Gasteiger partial charge in [0.25, 0.3) is 11.8 Å². The zero-order chi connectivity index (χ0) is 35.2. The Morgan fingerprint density at radius 3 is 2.31 bits per heavy atom. The summed E-state index contributed by atoms with van der Waals surface area (Å²) in [5.41, 5.74) is 2.93. The minimum absolute atomic E-state index is 0.0671. The Bertz CT molecular complexity index is 2060. The second-order valence-electron chi connectivity index (χ2n) is 13.5. The Balaban J connectivity index is 1.32. The summed E-state index contributed by atoms with van der Waals surface area (Å²) in [6.07, 6.45) is 0. The van der Waals surface area contributed by atoms with Crippen LogP contribution in [0.2, 0.25) is 5.02 Å². The number of fused-ring (bicyclic) bond motifs is 1. The van der Waals surface area contributed by atoms with Crippen LogP contribution >= 0.6 is 11.6 Å². The van der Waals surface area contributed by atoms with E-state index in [1.165, 1.54) is 18.1 Å². The maximum absolute atomic E-state index is 14.2. The number of halogens is 1. The van der Waals surface area contributed by atoms with Crippen LogP contribution in [0.25, 0.3) is 22.4 Å². The number of ether oxygens (including phenoxy) is 2. The molecule has 0 bridgehead atoms. The van der Waals surface area contributed by atoms with Gasteiger partial charge in [-0.25, -0.2) is 14.5 Å². The first-order valence-electron chi connectivity index (χ1n) is 15.9. The van der Waals surface area contributed by atoms with Crippen molar-refractivity contribution in [1.82, 2.24) is 19.7 Å². The molecule has 2 amide bonds. The summed E-state index contributed by atoms with van der Waals surface area (Å²) in [5.74, 6) is -0.177. The van der Waals surface area contributed by atoms with Gasteiger partial charge in [0, 0.05) is 41.4 Å². The summed E-state index contributed by atoms with van der Waals surface area (Å²) < 4.78 is 18.0. The number of aromatic nitrogens is 3. The van der Waals surface area contributed by atoms with Crippen LogP contribution in [0.1, 0.15) is 66.8 Å². The van der Waals surface area contributed by atoms with E-state index >= 15 is 0 Å². The number of carbonyl (C=O) groups is 3. The lowest BCUT2D eigenvalue weighted by atomic mass is 9.86. The number of hydrogen-bond acceptors (Lipinski definition) is 8. The van der Waals surface area contributed by atoms with Crippen molar-refractivity contribution in [1.29, 1.82) is 0 Å². The molecule has 0 unspecified atom stereocenters. The smallest absolute Gasteiger partial charge is 0.358 e. The fourth-order valence-electron chi connectivity index (χ4n) is 6.04. The van der Waals surface area contributed by atoms with Crippen LogP contribution in [-0.2, 0) is 21.5 Å². The minimum Gasteiger partial charge on any atom is -0.497 e. The van der Waals surface area contributed by atoms with Crippen LogP contribution in [0, 0.1) is 0 Å². The number of rotatable bonds is 7. The molecular weight excluding hydrogens is 646 g/mol. The number of amides is 2. The maximum Gasteiger partial charge on any atom is 0.358 e. The van der Waals surface area contributed by atoms with Gasteiger partial charge in [-0.2, -0.15) is 5.10 Å². The normalized spacial score (nSPS) is 14.7. The van der Waals surface area contributed by atoms with E-state index in [1.54, 1.807) is 36.6 Å². The SMILES string of the molecule is COC(=O)c1cc(N2CCN(C(=O)c3cc4nc(-c5ccc(Cl)cc5)cc(C(C)(C)C)c4o3)C(C)(C)C2=O)n(Cc2ccc(OC)cc2)n1. The minimum atomic E-state index is -1.27. The lowest BCUT2D eigenvalue weighted by Crippen LogP contribution is -2.65. The molecule has 0 aliphatic carbocycles. The number of esters is 1. The molecule has 2 aromatic carbocycles. The van der Waals surface area contributed by atoms with Crippen molar-refractivity contribution in [3.63, 3.8) is 0 Å². The van der Waals surface area contributed by atoms with E-state index in [9.17, 15) is 14.4 Å². The molecule has 11 nitrogen and oxygen atoms in total. The second-order valence-corrected chi connectivity index (χ2v) is 13.9. The third-order valence-electron chi connectivity index (χ3n) is 8.79. The average Bonchev–Trinajstić information content (AvgIpc) is 3.70. The summed E-state index contributed by atoms with van der Waals surface area (Å²) in [6, 6.07) is 20.0. The van der Waals surface area contributed by atoms with E-state index in [1.807, 2.05) is 54.6 Å². The molecule has 5 aromatic rings. The van der Waals surface area contributed by atoms with E-state index in [4.69, 9.17) is 30.5 Å². The van der Waals surface area contributed by atoms with Crippen LogP contribution in [-0.4, -0.2) is 70.3 Å². The zero-order valence-electron chi connectivity index (χ0n) is 28.5. The highest BCUT2D eigenvalue weighted by molar-refractivity contribution is 6.30. The quantitative estimate of drug-likeness (QED) is 0.173. The van der Waals surface area contributed by atoms with Crippen molar-refractivity contribution in [3.05, 3.63) is 94.3 Å². The van der Waals surface area contributed by atoms with Crippen LogP contribution in [0.3, 0.4) is 0 Å². The highest BCUT2D eigenvalue weighted by Crippen LogP contribution is 2.36. The summed E-state index contributed by atoms with van der Waals surface area (Å²) in [4.78, 5) is 48.8. The van der Waals surface area contributed by atoms with Gasteiger partial charge in [-0.15, -0.1) is 0 Å². The fraction of sp³-hybridized carbons (Fsp3) is 0.324. The molecular formula is C37H38ClN5O6. The number of methoxy groups -OCH3 is 2. The zero-order valence-corrected chi connectivity index (χ0v) is 29.3. The van der Waals surface area contributed by atoms with Crippen molar-refractivity contribution < 1.29 is 28.3 Å². The summed E-state index contributed by atoms with van der Waals surface area (Å²) in [5, 5.41) is 5.10. The Labute approximate surface area is 289 Å². The van der Waals surface area contributed by atoms with Crippen molar-refractivity contribution in [2.45, 2.75) is 52.1 Å². The van der Waals surface area contributed by atoms with E-state index in [0.717, 1.165) is 22.4 Å². The first-order valence-corrected chi connectivity index (χ1v) is 16.2. The molecule has 12 heteroatoms. The molecule has 0 atom stereocenters. The van der Waals surface area contributed by atoms with E-state index < -0.39 is 17.4 Å². The van der Waals surface area contributed by atoms with E-state index in [2.05, 4.69) is 25.9 Å². The van der Waals surface area contributed by atoms with Crippen molar-refractivity contribution >= 4 is 46.3 Å². The number of pyridine rings is 1. The topological polar surface area (TPSA) is 120 Å². The monoisotopic (exact) mass is 683 g/mol. The highest BCUT2D eigenvalue weighted by atomic mass is 35.5. The molecule has 6 rings (SSSR count). The van der Waals surface area contributed by atoms with Gasteiger partial charge in [-0.05, 0) is 55.2 Å². The molecule has 1 saturated heterocycles. The molecule has 0 saturated carbocycles. The van der Waals surface area contributed by atoms with E-state index in [-0.39, 0.29) is 42.4 Å². The standard InChI is InChI=1S/C37H38ClN5O6/c1-36(2,3)26-18-27(23-10-12-24(38)13-11-23)39-28-19-30(49-32(26)28)33(44)42-17-16-41(35(46)37(42,4)5)31-20-29(34(45)48-7)40-43(31)21-22-8-14-25(47-6)15-9-22/h8-15,18-20H,16-17,21H2,1-7H3. The summed E-state index contributed by atoms with van der Waals surface area (Å²) >= 11 is 6.13. The van der Waals surface area contributed by atoms with Gasteiger partial charge in [-0.1, -0.05) is 56.6 Å². The van der Waals surface area contributed by atoms with Crippen molar-refractivity contribution in [3.8, 4) is 17.0 Å². The predicted molar refractivity (Wildman–Crippen MR) is 186 cm³/mol. The number of anilines is 1. The molecule has 0 spiro atoms. The third kappa shape index (κ3) is 6.38. The van der Waals surface area contributed by atoms with Crippen LogP contribution in [0.15, 0.2) is 71.1 Å². The Morgan fingerprint density at radius 1 is 0.980 bits per heavy atom. The average molecular weight is 684 g/mol. The van der Waals surface area contributed by atoms with Crippen LogP contribution in [0.5, 0.6) is 5.75 Å². The molecule has 1 aliphatic rings. The van der Waals surface area contributed by atoms with Crippen molar-refractivity contribution in [2.75, 3.05) is 32.2 Å². The number of nitrogens with zero attached hydrogens (tertiary/aromatic N) is 5. The van der Waals surface area contributed by atoms with Gasteiger partial charge in [0.1, 0.15) is 22.6 Å². The van der Waals surface area contributed by atoms with Crippen LogP contribution < -0.4 is 9.64 Å². The van der Waals surface area contributed by atoms with Crippen molar-refractivity contribution in [2.24, 2.45) is 0 Å². The van der Waals surface area contributed by atoms with Gasteiger partial charge in [0.2, 0.25) is 0 Å². The predicted octanol–water partition coefficient (Wildman–Crippen LogP) is 6.75. The molecule has 0 N–H and O–H groups in total.